The van der Waals surface area contributed by atoms with Gasteiger partial charge in [-0.2, -0.15) is 0 Å². The molecule has 0 spiro atoms. The van der Waals surface area contributed by atoms with Gasteiger partial charge in [-0.15, -0.1) is 0 Å². The van der Waals surface area contributed by atoms with Crippen molar-refractivity contribution in [3.63, 3.8) is 0 Å². The standard InChI is InChI=1S/C4H8O4S.Na/c5-4(3-1-2-3)9(6,7)8;/h3-5H,1-2H2,(H,6,7,8);/q;+1/p-1. The summed E-state index contributed by atoms with van der Waals surface area (Å²) in [4.78, 5) is 0. The molecule has 0 radical (unpaired) electrons. The summed E-state index contributed by atoms with van der Waals surface area (Å²) in [6.45, 7) is 0. The van der Waals surface area contributed by atoms with Crippen molar-refractivity contribution in [2.75, 3.05) is 0 Å². The molecule has 1 unspecified atom stereocenters. The van der Waals surface area contributed by atoms with Crippen LogP contribution in [0.15, 0.2) is 0 Å². The van der Waals surface area contributed by atoms with Crippen molar-refractivity contribution in [3.8, 4) is 0 Å². The fraction of sp³-hybridized carbons (Fsp3) is 1.00. The number of hydrogen-bond donors (Lipinski definition) is 1. The summed E-state index contributed by atoms with van der Waals surface area (Å²) in [7, 11) is -4.43. The van der Waals surface area contributed by atoms with Crippen LogP contribution in [0.25, 0.3) is 0 Å². The van der Waals surface area contributed by atoms with E-state index in [2.05, 4.69) is 0 Å². The molecule has 0 heterocycles. The van der Waals surface area contributed by atoms with E-state index in [1.165, 1.54) is 0 Å². The van der Waals surface area contributed by atoms with Gasteiger partial charge in [-0.25, -0.2) is 8.42 Å². The van der Waals surface area contributed by atoms with Gasteiger partial charge in [0.15, 0.2) is 0 Å². The Bertz CT molecular complexity index is 195. The van der Waals surface area contributed by atoms with Gasteiger partial charge in [0.2, 0.25) is 0 Å². The minimum absolute atomic E-state index is 0. The fourth-order valence-electron chi connectivity index (χ4n) is 0.617. The SMILES string of the molecule is O=S(=O)([O-])C(O)C1CC1.[Na+]. The summed E-state index contributed by atoms with van der Waals surface area (Å²) >= 11 is 0. The Balaban J connectivity index is 0.000000810. The van der Waals surface area contributed by atoms with E-state index in [1.807, 2.05) is 0 Å². The smallest absolute Gasteiger partial charge is 0.746 e. The molecule has 0 aliphatic heterocycles. The minimum Gasteiger partial charge on any atom is -0.746 e. The molecule has 0 aromatic heterocycles. The Morgan fingerprint density at radius 1 is 1.50 bits per heavy atom. The van der Waals surface area contributed by atoms with Crippen molar-refractivity contribution < 1.29 is 47.6 Å². The zero-order chi connectivity index (χ0) is 7.07. The maximum absolute atomic E-state index is 10.0. The van der Waals surface area contributed by atoms with Crippen LogP contribution in [0.4, 0.5) is 0 Å². The molecule has 0 bridgehead atoms. The normalized spacial score (nSPS) is 21.4. The van der Waals surface area contributed by atoms with Crippen LogP contribution in [-0.2, 0) is 10.1 Å². The summed E-state index contributed by atoms with van der Waals surface area (Å²) in [6.07, 6.45) is 1.31. The van der Waals surface area contributed by atoms with Crippen LogP contribution in [0, 0.1) is 5.92 Å². The molecule has 10 heavy (non-hydrogen) atoms. The van der Waals surface area contributed by atoms with Crippen molar-refractivity contribution in [2.24, 2.45) is 5.92 Å². The first-order valence-electron chi connectivity index (χ1n) is 2.64. The number of hydrogen-bond acceptors (Lipinski definition) is 4. The molecule has 54 valence electrons. The predicted octanol–water partition coefficient (Wildman–Crippen LogP) is -3.74. The minimum atomic E-state index is -4.43. The Labute approximate surface area is 81.7 Å². The molecular formula is C4H7NaO4S. The summed E-state index contributed by atoms with van der Waals surface area (Å²) in [5.41, 5.74) is -1.66. The van der Waals surface area contributed by atoms with Crippen LogP contribution in [-0.4, -0.2) is 23.5 Å². The second kappa shape index (κ2) is 3.51. The maximum Gasteiger partial charge on any atom is 1.00 e. The zero-order valence-electron chi connectivity index (χ0n) is 5.65. The molecular weight excluding hydrogens is 167 g/mol. The Morgan fingerprint density at radius 3 is 2.00 bits per heavy atom. The summed E-state index contributed by atoms with van der Waals surface area (Å²) in [5, 5.41) is 8.62. The van der Waals surface area contributed by atoms with Crippen molar-refractivity contribution in [1.29, 1.82) is 0 Å². The topological polar surface area (TPSA) is 77.4 Å². The van der Waals surface area contributed by atoms with Crippen LogP contribution in [0.5, 0.6) is 0 Å². The van der Waals surface area contributed by atoms with E-state index < -0.39 is 15.6 Å². The van der Waals surface area contributed by atoms with E-state index in [1.54, 1.807) is 0 Å². The third-order valence-electron chi connectivity index (χ3n) is 1.32. The van der Waals surface area contributed by atoms with Crippen LogP contribution in [0.3, 0.4) is 0 Å². The molecule has 4 nitrogen and oxygen atoms in total. The molecule has 0 aromatic carbocycles. The molecule has 0 aromatic rings. The quantitative estimate of drug-likeness (QED) is 0.345. The predicted molar refractivity (Wildman–Crippen MR) is 28.4 cm³/mol. The molecule has 6 heteroatoms. The van der Waals surface area contributed by atoms with Gasteiger partial charge in [0.1, 0.15) is 15.6 Å². The van der Waals surface area contributed by atoms with Crippen LogP contribution < -0.4 is 29.6 Å². The number of aliphatic hydroxyl groups is 1. The van der Waals surface area contributed by atoms with Crippen LogP contribution in [0.2, 0.25) is 0 Å². The van der Waals surface area contributed by atoms with Crippen molar-refractivity contribution in [2.45, 2.75) is 18.3 Å². The van der Waals surface area contributed by atoms with Gasteiger partial charge in [-0.05, 0) is 18.8 Å². The Morgan fingerprint density at radius 2 is 1.90 bits per heavy atom. The second-order valence-electron chi connectivity index (χ2n) is 2.22. The molecule has 1 aliphatic carbocycles. The third kappa shape index (κ3) is 2.86. The van der Waals surface area contributed by atoms with Gasteiger partial charge >= 0.3 is 29.6 Å². The van der Waals surface area contributed by atoms with E-state index in [4.69, 9.17) is 5.11 Å². The molecule has 1 fully saturated rings. The van der Waals surface area contributed by atoms with E-state index in [0.29, 0.717) is 12.8 Å². The van der Waals surface area contributed by atoms with E-state index >= 15 is 0 Å². The van der Waals surface area contributed by atoms with Crippen LogP contribution in [0.1, 0.15) is 12.8 Å². The second-order valence-corrected chi connectivity index (χ2v) is 3.69. The van der Waals surface area contributed by atoms with Gasteiger partial charge < -0.3 is 9.66 Å². The van der Waals surface area contributed by atoms with E-state index in [-0.39, 0.29) is 35.5 Å². The summed E-state index contributed by atoms with van der Waals surface area (Å²) in [5.74, 6) is -0.285. The van der Waals surface area contributed by atoms with Crippen molar-refractivity contribution in [3.05, 3.63) is 0 Å². The number of aliphatic hydroxyl groups excluding tert-OH is 1. The molecule has 1 aliphatic rings. The molecule has 0 amide bonds. The zero-order valence-corrected chi connectivity index (χ0v) is 8.47. The first-order chi connectivity index (χ1) is 4.02. The average Bonchev–Trinajstić information content (AvgIpc) is 2.40. The van der Waals surface area contributed by atoms with Gasteiger partial charge in [-0.1, -0.05) is 0 Å². The average molecular weight is 174 g/mol. The summed E-state index contributed by atoms with van der Waals surface area (Å²) < 4.78 is 30.0. The van der Waals surface area contributed by atoms with Gasteiger partial charge in [-0.3, -0.25) is 0 Å². The fourth-order valence-corrected chi connectivity index (χ4v) is 1.36. The maximum atomic E-state index is 10.0. The van der Waals surface area contributed by atoms with E-state index in [9.17, 15) is 13.0 Å². The Kier molecular flexibility index (Phi) is 3.82. The first kappa shape index (κ1) is 10.9. The van der Waals surface area contributed by atoms with Crippen LogP contribution >= 0.6 is 0 Å². The molecule has 0 saturated heterocycles. The van der Waals surface area contributed by atoms with Gasteiger partial charge in [0.05, 0.1) is 0 Å². The van der Waals surface area contributed by atoms with E-state index in [0.717, 1.165) is 0 Å². The van der Waals surface area contributed by atoms with Crippen molar-refractivity contribution in [1.82, 2.24) is 0 Å². The molecule has 1 saturated carbocycles. The third-order valence-corrected chi connectivity index (χ3v) is 2.30. The van der Waals surface area contributed by atoms with Gasteiger partial charge in [0.25, 0.3) is 0 Å². The number of rotatable bonds is 2. The monoisotopic (exact) mass is 174 g/mol. The molecule has 1 N–H and O–H groups in total. The molecule has 1 rings (SSSR count). The van der Waals surface area contributed by atoms with Crippen molar-refractivity contribution >= 4 is 10.1 Å². The summed E-state index contributed by atoms with van der Waals surface area (Å²) in [6, 6.07) is 0. The van der Waals surface area contributed by atoms with Gasteiger partial charge in [0, 0.05) is 0 Å². The Hall–Kier alpha value is 0.870. The largest absolute Gasteiger partial charge is 1.00 e. The molecule has 1 atom stereocenters. The first-order valence-corrected chi connectivity index (χ1v) is 4.12.